The van der Waals surface area contributed by atoms with Crippen LogP contribution in [0.15, 0.2) is 0 Å². The number of nitrogens with zero attached hydrogens (tertiary/aromatic N) is 1. The van der Waals surface area contributed by atoms with E-state index in [1.165, 1.54) is 19.3 Å². The van der Waals surface area contributed by atoms with E-state index in [1.807, 2.05) is 4.90 Å². The second-order valence-electron chi connectivity index (χ2n) is 4.51. The Labute approximate surface area is 93.2 Å². The summed E-state index contributed by atoms with van der Waals surface area (Å²) >= 11 is 0. The molecule has 1 rings (SSSR count). The van der Waals surface area contributed by atoms with Crippen molar-refractivity contribution in [2.45, 2.75) is 52.0 Å². The molecule has 1 saturated heterocycles. The van der Waals surface area contributed by atoms with Crippen molar-refractivity contribution in [3.8, 4) is 0 Å². The number of hydrogen-bond acceptors (Lipinski definition) is 2. The van der Waals surface area contributed by atoms with Crippen molar-refractivity contribution in [2.75, 3.05) is 19.6 Å². The Morgan fingerprint density at radius 2 is 2.20 bits per heavy atom. The third-order valence-corrected chi connectivity index (χ3v) is 2.97. The average Bonchev–Trinajstić information content (AvgIpc) is 2.24. The van der Waals surface area contributed by atoms with Gasteiger partial charge in [0.15, 0.2) is 0 Å². The van der Waals surface area contributed by atoms with Crippen molar-refractivity contribution in [2.24, 2.45) is 0 Å². The van der Waals surface area contributed by atoms with Crippen LogP contribution >= 0.6 is 0 Å². The Balaban J connectivity index is 2.15. The third kappa shape index (κ3) is 4.65. The van der Waals surface area contributed by atoms with E-state index in [1.54, 1.807) is 0 Å². The zero-order valence-electron chi connectivity index (χ0n) is 10.1. The van der Waals surface area contributed by atoms with E-state index in [-0.39, 0.29) is 0 Å². The monoisotopic (exact) mass is 212 g/mol. The predicted molar refractivity (Wildman–Crippen MR) is 62.8 cm³/mol. The summed E-state index contributed by atoms with van der Waals surface area (Å²) in [6.45, 7) is 7.04. The first-order valence-corrected chi connectivity index (χ1v) is 6.25. The lowest BCUT2D eigenvalue weighted by atomic mass is 10.1. The Morgan fingerprint density at radius 3 is 2.87 bits per heavy atom. The number of carbonyl (C=O) groups is 1. The van der Waals surface area contributed by atoms with Crippen LogP contribution in [-0.4, -0.2) is 36.5 Å². The maximum absolute atomic E-state index is 11.8. The van der Waals surface area contributed by atoms with Crippen molar-refractivity contribution in [1.29, 1.82) is 0 Å². The number of carbonyl (C=O) groups excluding carboxylic acids is 1. The summed E-state index contributed by atoms with van der Waals surface area (Å²) in [6, 6.07) is 0.457. The van der Waals surface area contributed by atoms with Gasteiger partial charge in [0.25, 0.3) is 0 Å². The molecule has 3 heteroatoms. The van der Waals surface area contributed by atoms with Gasteiger partial charge in [0, 0.05) is 32.1 Å². The molecule has 0 aliphatic carbocycles. The fourth-order valence-electron chi connectivity index (χ4n) is 2.02. The zero-order chi connectivity index (χ0) is 11.1. The molecule has 0 radical (unpaired) electrons. The van der Waals surface area contributed by atoms with E-state index in [0.717, 1.165) is 32.5 Å². The highest BCUT2D eigenvalue weighted by molar-refractivity contribution is 5.76. The Hall–Kier alpha value is -0.570. The highest BCUT2D eigenvalue weighted by atomic mass is 16.2. The molecule has 1 amide bonds. The number of unbranched alkanes of at least 4 members (excludes halogenated alkanes) is 3. The predicted octanol–water partition coefficient (Wildman–Crippen LogP) is 1.78. The molecule has 0 spiro atoms. The second kappa shape index (κ2) is 6.83. The lowest BCUT2D eigenvalue weighted by molar-refractivity contribution is -0.132. The van der Waals surface area contributed by atoms with Crippen LogP contribution in [-0.2, 0) is 4.79 Å². The molecule has 0 saturated carbocycles. The van der Waals surface area contributed by atoms with Crippen molar-refractivity contribution in [3.05, 3.63) is 0 Å². The van der Waals surface area contributed by atoms with Gasteiger partial charge in [-0.05, 0) is 13.3 Å². The Kier molecular flexibility index (Phi) is 5.69. The summed E-state index contributed by atoms with van der Waals surface area (Å²) in [6.07, 6.45) is 5.49. The van der Waals surface area contributed by atoms with Gasteiger partial charge >= 0.3 is 0 Å². The summed E-state index contributed by atoms with van der Waals surface area (Å²) in [4.78, 5) is 13.8. The maximum Gasteiger partial charge on any atom is 0.222 e. The van der Waals surface area contributed by atoms with Crippen molar-refractivity contribution < 1.29 is 4.79 Å². The first kappa shape index (κ1) is 12.5. The van der Waals surface area contributed by atoms with Gasteiger partial charge in [-0.1, -0.05) is 26.2 Å². The van der Waals surface area contributed by atoms with Crippen LogP contribution in [0.3, 0.4) is 0 Å². The Bertz CT molecular complexity index is 194. The molecule has 1 aliphatic heterocycles. The standard InChI is InChI=1S/C12H24N2O/c1-3-4-5-6-7-12(15)14-9-8-13-11(2)10-14/h11,13H,3-10H2,1-2H3/t11-/m0/s1. The molecule has 15 heavy (non-hydrogen) atoms. The molecule has 1 fully saturated rings. The van der Waals surface area contributed by atoms with Gasteiger partial charge in [-0.25, -0.2) is 0 Å². The molecule has 0 bridgehead atoms. The average molecular weight is 212 g/mol. The molecular formula is C12H24N2O. The van der Waals surface area contributed by atoms with Crippen LogP contribution in [0, 0.1) is 0 Å². The smallest absolute Gasteiger partial charge is 0.222 e. The number of rotatable bonds is 5. The van der Waals surface area contributed by atoms with Gasteiger partial charge in [-0.3, -0.25) is 4.79 Å². The van der Waals surface area contributed by atoms with Gasteiger partial charge in [0.2, 0.25) is 5.91 Å². The van der Waals surface area contributed by atoms with E-state index in [0.29, 0.717) is 11.9 Å². The van der Waals surface area contributed by atoms with Crippen molar-refractivity contribution >= 4 is 5.91 Å². The molecule has 88 valence electrons. The highest BCUT2D eigenvalue weighted by Crippen LogP contribution is 2.07. The second-order valence-corrected chi connectivity index (χ2v) is 4.51. The lowest BCUT2D eigenvalue weighted by Gasteiger charge is -2.32. The summed E-state index contributed by atoms with van der Waals surface area (Å²) in [5, 5.41) is 3.35. The molecule has 0 aromatic carbocycles. The summed E-state index contributed by atoms with van der Waals surface area (Å²) in [7, 11) is 0. The fourth-order valence-corrected chi connectivity index (χ4v) is 2.02. The number of nitrogens with one attached hydrogen (secondary N) is 1. The lowest BCUT2D eigenvalue weighted by Crippen LogP contribution is -2.51. The summed E-state index contributed by atoms with van der Waals surface area (Å²) in [5.41, 5.74) is 0. The van der Waals surface area contributed by atoms with Crippen LogP contribution in [0.4, 0.5) is 0 Å². The van der Waals surface area contributed by atoms with E-state index in [2.05, 4.69) is 19.2 Å². The zero-order valence-corrected chi connectivity index (χ0v) is 10.1. The van der Waals surface area contributed by atoms with Crippen molar-refractivity contribution in [1.82, 2.24) is 10.2 Å². The molecule has 1 aliphatic rings. The number of hydrogen-bond donors (Lipinski definition) is 1. The van der Waals surface area contributed by atoms with E-state index >= 15 is 0 Å². The molecule has 0 aromatic rings. The van der Waals surface area contributed by atoms with E-state index in [9.17, 15) is 4.79 Å². The largest absolute Gasteiger partial charge is 0.340 e. The topological polar surface area (TPSA) is 32.3 Å². The molecule has 0 unspecified atom stereocenters. The highest BCUT2D eigenvalue weighted by Gasteiger charge is 2.19. The minimum atomic E-state index is 0.347. The molecule has 0 aromatic heterocycles. The fraction of sp³-hybridized carbons (Fsp3) is 0.917. The third-order valence-electron chi connectivity index (χ3n) is 2.97. The molecule has 1 atom stereocenters. The maximum atomic E-state index is 11.8. The number of piperazine rings is 1. The van der Waals surface area contributed by atoms with E-state index in [4.69, 9.17) is 0 Å². The van der Waals surface area contributed by atoms with Gasteiger partial charge in [0.1, 0.15) is 0 Å². The van der Waals surface area contributed by atoms with Gasteiger partial charge in [-0.15, -0.1) is 0 Å². The van der Waals surface area contributed by atoms with Crippen LogP contribution in [0.5, 0.6) is 0 Å². The van der Waals surface area contributed by atoms with Gasteiger partial charge in [-0.2, -0.15) is 0 Å². The molecule has 3 nitrogen and oxygen atoms in total. The van der Waals surface area contributed by atoms with Gasteiger partial charge in [0.05, 0.1) is 0 Å². The number of amides is 1. The molecular weight excluding hydrogens is 188 g/mol. The van der Waals surface area contributed by atoms with Crippen LogP contribution in [0.25, 0.3) is 0 Å². The first-order valence-electron chi connectivity index (χ1n) is 6.25. The quantitative estimate of drug-likeness (QED) is 0.705. The van der Waals surface area contributed by atoms with Crippen molar-refractivity contribution in [3.63, 3.8) is 0 Å². The minimum Gasteiger partial charge on any atom is -0.340 e. The molecule has 1 N–H and O–H groups in total. The molecule has 1 heterocycles. The van der Waals surface area contributed by atoms with Gasteiger partial charge < -0.3 is 10.2 Å². The summed E-state index contributed by atoms with van der Waals surface area (Å²) < 4.78 is 0. The minimum absolute atomic E-state index is 0.347. The van der Waals surface area contributed by atoms with Crippen LogP contribution < -0.4 is 5.32 Å². The van der Waals surface area contributed by atoms with Crippen LogP contribution in [0.1, 0.15) is 46.0 Å². The SMILES string of the molecule is CCCCCCC(=O)N1CCN[C@@H](C)C1. The summed E-state index contributed by atoms with van der Waals surface area (Å²) in [5.74, 6) is 0.347. The first-order chi connectivity index (χ1) is 7.24. The normalized spacial score (nSPS) is 21.7. The van der Waals surface area contributed by atoms with E-state index < -0.39 is 0 Å². The van der Waals surface area contributed by atoms with Crippen LogP contribution in [0.2, 0.25) is 0 Å². The Morgan fingerprint density at radius 1 is 1.40 bits per heavy atom.